The van der Waals surface area contributed by atoms with Crippen LogP contribution in [0.5, 0.6) is 0 Å². The Balaban J connectivity index is 1.89. The molecule has 0 N–H and O–H groups in total. The second kappa shape index (κ2) is 7.68. The van der Waals surface area contributed by atoms with Gasteiger partial charge in [-0.3, -0.25) is 0 Å². The van der Waals surface area contributed by atoms with Gasteiger partial charge in [0.05, 0.1) is 11.4 Å². The maximum absolute atomic E-state index is 4.82. The minimum atomic E-state index is 0.736. The van der Waals surface area contributed by atoms with E-state index in [1.807, 2.05) is 42.5 Å². The lowest BCUT2D eigenvalue weighted by molar-refractivity contribution is 1.18. The average Bonchev–Trinajstić information content (AvgIpc) is 2.69. The zero-order valence-corrected chi connectivity index (χ0v) is 17.5. The highest BCUT2D eigenvalue weighted by atomic mass is 127. The molecule has 0 radical (unpaired) electrons. The van der Waals surface area contributed by atoms with E-state index in [0.29, 0.717) is 0 Å². The van der Waals surface area contributed by atoms with Gasteiger partial charge in [-0.1, -0.05) is 70.5 Å². The second-order valence-corrected chi connectivity index (χ2v) is 8.00. The van der Waals surface area contributed by atoms with Crippen LogP contribution in [0, 0.1) is 3.57 Å². The Kier molecular flexibility index (Phi) is 5.13. The van der Waals surface area contributed by atoms with Crippen molar-refractivity contribution in [3.63, 3.8) is 0 Å². The van der Waals surface area contributed by atoms with Crippen LogP contribution in [0.4, 0.5) is 0 Å². The van der Waals surface area contributed by atoms with Gasteiger partial charge in [0.25, 0.3) is 0 Å². The van der Waals surface area contributed by atoms with Crippen LogP contribution in [0.2, 0.25) is 0 Å². The summed E-state index contributed by atoms with van der Waals surface area (Å²) in [5.74, 6) is 0.736. The highest BCUT2D eigenvalue weighted by Gasteiger charge is 2.10. The molecule has 0 saturated carbocycles. The zero-order chi connectivity index (χ0) is 17.9. The van der Waals surface area contributed by atoms with Gasteiger partial charge < -0.3 is 0 Å². The van der Waals surface area contributed by atoms with E-state index in [2.05, 4.69) is 81.0 Å². The molecule has 2 nitrogen and oxygen atoms in total. The first-order chi connectivity index (χ1) is 12.7. The van der Waals surface area contributed by atoms with Crippen LogP contribution in [0.25, 0.3) is 33.9 Å². The van der Waals surface area contributed by atoms with Gasteiger partial charge in [0.1, 0.15) is 0 Å². The van der Waals surface area contributed by atoms with Crippen LogP contribution in [-0.2, 0) is 0 Å². The summed E-state index contributed by atoms with van der Waals surface area (Å²) >= 11 is 5.81. The van der Waals surface area contributed by atoms with E-state index in [9.17, 15) is 0 Å². The Labute approximate surface area is 174 Å². The Hall–Kier alpha value is -2.05. The molecule has 126 valence electrons. The third-order valence-corrected chi connectivity index (χ3v) is 5.29. The summed E-state index contributed by atoms with van der Waals surface area (Å²) in [7, 11) is 0. The highest BCUT2D eigenvalue weighted by Crippen LogP contribution is 2.28. The number of halogens is 2. The molecule has 3 aromatic carbocycles. The highest BCUT2D eigenvalue weighted by molar-refractivity contribution is 14.1. The predicted molar refractivity (Wildman–Crippen MR) is 119 cm³/mol. The first-order valence-electron chi connectivity index (χ1n) is 8.15. The third-order valence-electron chi connectivity index (χ3n) is 4.04. The summed E-state index contributed by atoms with van der Waals surface area (Å²) in [6, 6.07) is 28.8. The molecule has 0 atom stereocenters. The van der Waals surface area contributed by atoms with Crippen LogP contribution in [0.1, 0.15) is 0 Å². The van der Waals surface area contributed by atoms with E-state index in [-0.39, 0.29) is 0 Å². The fraction of sp³-hybridized carbons (Fsp3) is 0. The van der Waals surface area contributed by atoms with Gasteiger partial charge in [0.15, 0.2) is 5.82 Å². The smallest absolute Gasteiger partial charge is 0.160 e. The summed E-state index contributed by atoms with van der Waals surface area (Å²) in [6.45, 7) is 0. The van der Waals surface area contributed by atoms with Crippen molar-refractivity contribution in [3.8, 4) is 33.9 Å². The minimum Gasteiger partial charge on any atom is -0.228 e. The van der Waals surface area contributed by atoms with Crippen LogP contribution in [0.15, 0.2) is 89.4 Å². The molecule has 0 aliphatic carbocycles. The van der Waals surface area contributed by atoms with Crippen molar-refractivity contribution < 1.29 is 0 Å². The van der Waals surface area contributed by atoms with Crippen LogP contribution >= 0.6 is 38.5 Å². The SMILES string of the molecule is Brc1ccc(-c2cc(-c3ccc(I)cc3)nc(-c3ccccc3)n2)cc1. The van der Waals surface area contributed by atoms with E-state index in [4.69, 9.17) is 9.97 Å². The molecule has 0 aliphatic heterocycles. The van der Waals surface area contributed by atoms with E-state index in [1.54, 1.807) is 0 Å². The summed E-state index contributed by atoms with van der Waals surface area (Å²) < 4.78 is 2.26. The Morgan fingerprint density at radius 3 is 1.73 bits per heavy atom. The van der Waals surface area contributed by atoms with Gasteiger partial charge >= 0.3 is 0 Å². The lowest BCUT2D eigenvalue weighted by Crippen LogP contribution is -1.95. The quantitative estimate of drug-likeness (QED) is 0.281. The second-order valence-electron chi connectivity index (χ2n) is 5.84. The number of aromatic nitrogens is 2. The first kappa shape index (κ1) is 17.4. The van der Waals surface area contributed by atoms with Gasteiger partial charge in [-0.05, 0) is 52.9 Å². The summed E-state index contributed by atoms with van der Waals surface area (Å²) in [6.07, 6.45) is 0. The van der Waals surface area contributed by atoms with E-state index >= 15 is 0 Å². The van der Waals surface area contributed by atoms with Crippen molar-refractivity contribution in [2.45, 2.75) is 0 Å². The van der Waals surface area contributed by atoms with Gasteiger partial charge in [-0.15, -0.1) is 0 Å². The maximum Gasteiger partial charge on any atom is 0.160 e. The topological polar surface area (TPSA) is 25.8 Å². The normalized spacial score (nSPS) is 10.7. The number of rotatable bonds is 3. The molecule has 0 saturated heterocycles. The van der Waals surface area contributed by atoms with Crippen LogP contribution in [-0.4, -0.2) is 9.97 Å². The largest absolute Gasteiger partial charge is 0.228 e. The van der Waals surface area contributed by atoms with Crippen LogP contribution < -0.4 is 0 Å². The van der Waals surface area contributed by atoms with Crippen LogP contribution in [0.3, 0.4) is 0 Å². The lowest BCUT2D eigenvalue weighted by atomic mass is 10.1. The number of hydrogen-bond acceptors (Lipinski definition) is 2. The molecule has 0 fully saturated rings. The Morgan fingerprint density at radius 2 is 1.15 bits per heavy atom. The molecule has 1 aromatic heterocycles. The van der Waals surface area contributed by atoms with Crippen molar-refractivity contribution in [2.24, 2.45) is 0 Å². The van der Waals surface area contributed by atoms with Crippen molar-refractivity contribution in [1.82, 2.24) is 9.97 Å². The molecular weight excluding hydrogens is 499 g/mol. The summed E-state index contributed by atoms with van der Waals surface area (Å²) in [4.78, 5) is 9.64. The molecule has 4 rings (SSSR count). The zero-order valence-electron chi connectivity index (χ0n) is 13.7. The van der Waals surface area contributed by atoms with E-state index < -0.39 is 0 Å². The number of hydrogen-bond donors (Lipinski definition) is 0. The number of benzene rings is 3. The Bertz CT molecular complexity index is 966. The van der Waals surface area contributed by atoms with E-state index in [0.717, 1.165) is 38.4 Å². The van der Waals surface area contributed by atoms with Gasteiger partial charge in [0, 0.05) is 24.7 Å². The Morgan fingerprint density at radius 1 is 0.615 bits per heavy atom. The average molecular weight is 513 g/mol. The number of nitrogens with zero attached hydrogens (tertiary/aromatic N) is 2. The molecule has 0 amide bonds. The molecule has 0 bridgehead atoms. The fourth-order valence-corrected chi connectivity index (χ4v) is 3.32. The molecule has 0 spiro atoms. The van der Waals surface area contributed by atoms with Crippen molar-refractivity contribution >= 4 is 38.5 Å². The van der Waals surface area contributed by atoms with Gasteiger partial charge in [0.2, 0.25) is 0 Å². The van der Waals surface area contributed by atoms with Crippen molar-refractivity contribution in [3.05, 3.63) is 93.0 Å². The molecule has 26 heavy (non-hydrogen) atoms. The monoisotopic (exact) mass is 512 g/mol. The van der Waals surface area contributed by atoms with Crippen molar-refractivity contribution in [1.29, 1.82) is 0 Å². The van der Waals surface area contributed by atoms with E-state index in [1.165, 1.54) is 3.57 Å². The van der Waals surface area contributed by atoms with Crippen molar-refractivity contribution in [2.75, 3.05) is 0 Å². The third kappa shape index (κ3) is 3.86. The molecular formula is C22H14BrIN2. The molecule has 0 unspecified atom stereocenters. The van der Waals surface area contributed by atoms with Gasteiger partial charge in [-0.2, -0.15) is 0 Å². The molecule has 4 aromatic rings. The molecule has 4 heteroatoms. The maximum atomic E-state index is 4.82. The first-order valence-corrected chi connectivity index (χ1v) is 10.0. The fourth-order valence-electron chi connectivity index (χ4n) is 2.70. The minimum absolute atomic E-state index is 0.736. The molecule has 0 aliphatic rings. The lowest BCUT2D eigenvalue weighted by Gasteiger charge is -2.09. The summed E-state index contributed by atoms with van der Waals surface area (Å²) in [5, 5.41) is 0. The van der Waals surface area contributed by atoms with Gasteiger partial charge in [-0.25, -0.2) is 9.97 Å². The standard InChI is InChI=1S/C22H14BrIN2/c23-18-10-6-15(7-11-18)20-14-21(16-8-12-19(24)13-9-16)26-22(25-20)17-4-2-1-3-5-17/h1-14H. The summed E-state index contributed by atoms with van der Waals surface area (Å²) in [5.41, 5.74) is 5.01. The predicted octanol–water partition coefficient (Wildman–Crippen LogP) is 6.84. The molecule has 1 heterocycles.